The monoisotopic (exact) mass is 519 g/mol. The van der Waals surface area contributed by atoms with E-state index in [2.05, 4.69) is 9.97 Å². The fraction of sp³-hybridized carbons (Fsp3) is 0.448. The number of imidazole rings is 1. The zero-order valence-corrected chi connectivity index (χ0v) is 22.3. The third-order valence-electron chi connectivity index (χ3n) is 6.97. The second-order valence-corrected chi connectivity index (χ2v) is 9.55. The van der Waals surface area contributed by atoms with E-state index in [-0.39, 0.29) is 43.8 Å². The van der Waals surface area contributed by atoms with E-state index < -0.39 is 6.10 Å². The molecule has 1 atom stereocenters. The predicted molar refractivity (Wildman–Crippen MR) is 145 cm³/mol. The highest BCUT2D eigenvalue weighted by Crippen LogP contribution is 2.15. The minimum atomic E-state index is -0.452. The minimum absolute atomic E-state index is 0.00238. The van der Waals surface area contributed by atoms with E-state index in [1.807, 2.05) is 68.4 Å². The van der Waals surface area contributed by atoms with E-state index in [0.29, 0.717) is 39.0 Å². The second kappa shape index (κ2) is 13.2. The van der Waals surface area contributed by atoms with Crippen LogP contribution in [0, 0.1) is 0 Å². The van der Waals surface area contributed by atoms with Crippen molar-refractivity contribution in [3.8, 4) is 0 Å². The summed E-state index contributed by atoms with van der Waals surface area (Å²) >= 11 is 0. The molecule has 9 nitrogen and oxygen atoms in total. The van der Waals surface area contributed by atoms with Gasteiger partial charge in [-0.3, -0.25) is 14.4 Å². The van der Waals surface area contributed by atoms with Crippen molar-refractivity contribution >= 4 is 28.8 Å². The van der Waals surface area contributed by atoms with Gasteiger partial charge in [-0.05, 0) is 38.0 Å². The SMILES string of the molecule is CCN(CC)C(=O)CO[C@@H]1CN(CCc2ccccc2)C(=O)CN(C(=O)CCc2nc3ccccc3[nH]2)C1. The largest absolute Gasteiger partial charge is 0.365 e. The van der Waals surface area contributed by atoms with Gasteiger partial charge in [-0.15, -0.1) is 0 Å². The number of hydrogen-bond acceptors (Lipinski definition) is 5. The molecule has 1 N–H and O–H groups in total. The molecule has 3 amide bonds. The molecule has 38 heavy (non-hydrogen) atoms. The maximum atomic E-state index is 13.2. The summed E-state index contributed by atoms with van der Waals surface area (Å²) in [6.45, 7) is 6.12. The molecule has 0 spiro atoms. The van der Waals surface area contributed by atoms with Gasteiger partial charge in [-0.1, -0.05) is 42.5 Å². The van der Waals surface area contributed by atoms with E-state index in [0.717, 1.165) is 22.4 Å². The lowest BCUT2D eigenvalue weighted by atomic mass is 10.1. The standard InChI is InChI=1S/C29H37N5O4/c1-3-32(4-2)29(37)21-38-23-18-33(17-16-22-10-6-5-7-11-22)28(36)20-34(19-23)27(35)15-14-26-30-24-12-8-9-13-25(24)31-26/h5-13,23H,3-4,14-21H2,1-2H3,(H,30,31)/t23-/m1/s1. The zero-order chi connectivity index (χ0) is 26.9. The number of carbonyl (C=O) groups excluding carboxylic acids is 3. The number of H-pyrrole nitrogens is 1. The third kappa shape index (κ3) is 7.19. The Morgan fingerprint density at radius 3 is 2.50 bits per heavy atom. The Kier molecular flexibility index (Phi) is 9.48. The molecule has 9 heteroatoms. The van der Waals surface area contributed by atoms with Gasteiger partial charge in [0.25, 0.3) is 0 Å². The van der Waals surface area contributed by atoms with Crippen molar-refractivity contribution in [2.45, 2.75) is 39.2 Å². The molecule has 1 fully saturated rings. The van der Waals surface area contributed by atoms with Gasteiger partial charge in [0.15, 0.2) is 0 Å². The van der Waals surface area contributed by atoms with Crippen molar-refractivity contribution < 1.29 is 19.1 Å². The van der Waals surface area contributed by atoms with Crippen molar-refractivity contribution in [3.05, 3.63) is 66.0 Å². The molecule has 2 aromatic carbocycles. The summed E-state index contributed by atoms with van der Waals surface area (Å²) < 4.78 is 6.03. The minimum Gasteiger partial charge on any atom is -0.365 e. The molecule has 3 aromatic rings. The Balaban J connectivity index is 1.42. The molecule has 1 aliphatic rings. The number of benzene rings is 2. The first-order valence-corrected chi connectivity index (χ1v) is 13.4. The number of aromatic nitrogens is 2. The number of rotatable bonds is 11. The van der Waals surface area contributed by atoms with Crippen LogP contribution in [0.4, 0.5) is 0 Å². The van der Waals surface area contributed by atoms with Gasteiger partial charge in [0.1, 0.15) is 12.4 Å². The maximum Gasteiger partial charge on any atom is 0.248 e. The average Bonchev–Trinajstić information content (AvgIpc) is 3.28. The van der Waals surface area contributed by atoms with Crippen LogP contribution in [0.15, 0.2) is 54.6 Å². The van der Waals surface area contributed by atoms with E-state index in [1.54, 1.807) is 14.7 Å². The van der Waals surface area contributed by atoms with Gasteiger partial charge in [0.05, 0.1) is 23.7 Å². The van der Waals surface area contributed by atoms with E-state index in [1.165, 1.54) is 0 Å². The summed E-state index contributed by atoms with van der Waals surface area (Å²) in [6, 6.07) is 17.7. The molecule has 1 aliphatic heterocycles. The lowest BCUT2D eigenvalue weighted by molar-refractivity contribution is -0.139. The van der Waals surface area contributed by atoms with Gasteiger partial charge in [-0.25, -0.2) is 4.98 Å². The molecule has 0 bridgehead atoms. The van der Waals surface area contributed by atoms with Crippen molar-refractivity contribution in [1.29, 1.82) is 0 Å². The normalized spacial score (nSPS) is 16.1. The van der Waals surface area contributed by atoms with Gasteiger partial charge >= 0.3 is 0 Å². The molecule has 1 aromatic heterocycles. The fourth-order valence-electron chi connectivity index (χ4n) is 4.76. The lowest BCUT2D eigenvalue weighted by Crippen LogP contribution is -2.41. The van der Waals surface area contributed by atoms with Gasteiger partial charge < -0.3 is 24.4 Å². The fourth-order valence-corrected chi connectivity index (χ4v) is 4.76. The number of para-hydroxylation sites is 2. The quantitative estimate of drug-likeness (QED) is 0.420. The number of hydrogen-bond donors (Lipinski definition) is 1. The lowest BCUT2D eigenvalue weighted by Gasteiger charge is -2.26. The van der Waals surface area contributed by atoms with Gasteiger partial charge in [-0.2, -0.15) is 0 Å². The van der Waals surface area contributed by atoms with Crippen LogP contribution in [0.2, 0.25) is 0 Å². The molecule has 4 rings (SSSR count). The summed E-state index contributed by atoms with van der Waals surface area (Å²) in [6.07, 6.45) is 0.925. The first kappa shape index (κ1) is 27.3. The number of amides is 3. The smallest absolute Gasteiger partial charge is 0.248 e. The summed E-state index contributed by atoms with van der Waals surface area (Å²) in [5.74, 6) is 0.401. The van der Waals surface area contributed by atoms with Crippen molar-refractivity contribution in [2.75, 3.05) is 45.9 Å². The Bertz CT molecular complexity index is 1190. The van der Waals surface area contributed by atoms with E-state index in [9.17, 15) is 14.4 Å². The Morgan fingerprint density at radius 1 is 1.03 bits per heavy atom. The van der Waals surface area contributed by atoms with Crippen molar-refractivity contribution in [1.82, 2.24) is 24.7 Å². The highest BCUT2D eigenvalue weighted by atomic mass is 16.5. The average molecular weight is 520 g/mol. The molecule has 0 radical (unpaired) electrons. The van der Waals surface area contributed by atoms with Gasteiger partial charge in [0.2, 0.25) is 17.7 Å². The number of carbonyl (C=O) groups is 3. The van der Waals surface area contributed by atoms with E-state index >= 15 is 0 Å². The summed E-state index contributed by atoms with van der Waals surface area (Å²) in [7, 11) is 0. The molecular formula is C29H37N5O4. The number of nitrogens with zero attached hydrogens (tertiary/aromatic N) is 4. The summed E-state index contributed by atoms with van der Waals surface area (Å²) in [5.41, 5.74) is 2.93. The first-order valence-electron chi connectivity index (χ1n) is 13.4. The first-order chi connectivity index (χ1) is 18.5. The predicted octanol–water partition coefficient (Wildman–Crippen LogP) is 2.66. The Morgan fingerprint density at radius 2 is 1.76 bits per heavy atom. The highest BCUT2D eigenvalue weighted by molar-refractivity contribution is 5.85. The molecule has 1 saturated heterocycles. The molecule has 202 valence electrons. The number of likely N-dealkylation sites (N-methyl/N-ethyl adjacent to an activating group) is 1. The highest BCUT2D eigenvalue weighted by Gasteiger charge is 2.31. The van der Waals surface area contributed by atoms with Crippen molar-refractivity contribution in [2.24, 2.45) is 0 Å². The van der Waals surface area contributed by atoms with Gasteiger partial charge in [0, 0.05) is 45.6 Å². The molecule has 0 saturated carbocycles. The van der Waals surface area contributed by atoms with Crippen LogP contribution in [0.25, 0.3) is 11.0 Å². The topological polar surface area (TPSA) is 98.8 Å². The Hall–Kier alpha value is -3.72. The molecule has 2 heterocycles. The van der Waals surface area contributed by atoms with Crippen molar-refractivity contribution in [3.63, 3.8) is 0 Å². The van der Waals surface area contributed by atoms with Crippen LogP contribution >= 0.6 is 0 Å². The number of nitrogens with one attached hydrogen (secondary N) is 1. The Labute approximate surface area is 223 Å². The maximum absolute atomic E-state index is 13.2. The third-order valence-corrected chi connectivity index (χ3v) is 6.97. The zero-order valence-electron chi connectivity index (χ0n) is 22.3. The number of fused-ring (bicyclic) bond motifs is 1. The molecule has 0 aliphatic carbocycles. The van der Waals surface area contributed by atoms with Crippen LogP contribution in [-0.2, 0) is 32.0 Å². The summed E-state index contributed by atoms with van der Waals surface area (Å²) in [4.78, 5) is 51.9. The number of aryl methyl sites for hydroxylation is 1. The van der Waals surface area contributed by atoms with Crippen LogP contribution in [-0.4, -0.2) is 94.4 Å². The molecular weight excluding hydrogens is 482 g/mol. The summed E-state index contributed by atoms with van der Waals surface area (Å²) in [5, 5.41) is 0. The van der Waals surface area contributed by atoms with E-state index in [4.69, 9.17) is 4.74 Å². The number of ether oxygens (including phenoxy) is 1. The second-order valence-electron chi connectivity index (χ2n) is 9.55. The van der Waals surface area contributed by atoms with Crippen LogP contribution in [0.1, 0.15) is 31.7 Å². The number of aromatic amines is 1. The van der Waals surface area contributed by atoms with Crippen LogP contribution in [0.5, 0.6) is 0 Å². The molecule has 0 unspecified atom stereocenters. The van der Waals surface area contributed by atoms with Crippen LogP contribution < -0.4 is 0 Å². The van der Waals surface area contributed by atoms with Crippen LogP contribution in [0.3, 0.4) is 0 Å².